The van der Waals surface area contributed by atoms with E-state index in [1.807, 2.05) is 0 Å². The Morgan fingerprint density at radius 1 is 1.45 bits per heavy atom. The molecule has 0 saturated carbocycles. The monoisotopic (exact) mass is 292 g/mol. The second-order valence-electron chi connectivity index (χ2n) is 4.56. The predicted molar refractivity (Wildman–Crippen MR) is 57.5 cm³/mol. The smallest absolute Gasteiger partial charge is 0.394 e. The highest BCUT2D eigenvalue weighted by Crippen LogP contribution is 2.37. The van der Waals surface area contributed by atoms with Crippen LogP contribution in [0.3, 0.4) is 0 Å². The summed E-state index contributed by atoms with van der Waals surface area (Å²) in [6, 6.07) is 1.42. The van der Waals surface area contributed by atoms with E-state index in [4.69, 9.17) is 5.11 Å². The van der Waals surface area contributed by atoms with E-state index in [-0.39, 0.29) is 12.1 Å². The van der Waals surface area contributed by atoms with Crippen LogP contribution in [0.4, 0.5) is 13.2 Å². The average molecular weight is 292 g/mol. The zero-order valence-electron chi connectivity index (χ0n) is 10.1. The number of amides is 1. The Morgan fingerprint density at radius 2 is 2.15 bits per heavy atom. The second-order valence-corrected chi connectivity index (χ2v) is 4.56. The highest BCUT2D eigenvalue weighted by Gasteiger charge is 2.53. The molecule has 2 heterocycles. The number of carboxylic acids is 1. The second kappa shape index (κ2) is 5.14. The number of aromatic nitrogens is 1. The van der Waals surface area contributed by atoms with Crippen LogP contribution in [0.15, 0.2) is 16.9 Å². The van der Waals surface area contributed by atoms with E-state index in [9.17, 15) is 22.8 Å². The number of nitrogens with zero attached hydrogens (tertiary/aromatic N) is 2. The number of carboxylic acid groups (broad SMARTS) is 1. The normalized spacial score (nSPS) is 23.1. The molecule has 1 N–H and O–H groups in total. The van der Waals surface area contributed by atoms with Crippen LogP contribution in [-0.4, -0.2) is 46.3 Å². The molecule has 2 rings (SSSR count). The van der Waals surface area contributed by atoms with Crippen LogP contribution in [-0.2, 0) is 16.0 Å². The van der Waals surface area contributed by atoms with E-state index in [0.29, 0.717) is 0 Å². The summed E-state index contributed by atoms with van der Waals surface area (Å²) in [5.41, 5.74) is 0.289. The van der Waals surface area contributed by atoms with E-state index in [1.54, 1.807) is 0 Å². The number of aliphatic carboxylic acids is 1. The predicted octanol–water partition coefficient (Wildman–Crippen LogP) is 0.939. The van der Waals surface area contributed by atoms with E-state index >= 15 is 0 Å². The average Bonchev–Trinajstić information content (AvgIpc) is 2.95. The molecule has 0 aliphatic carbocycles. The fraction of sp³-hybridized carbons (Fsp3) is 0.545. The quantitative estimate of drug-likeness (QED) is 0.896. The molecule has 0 spiro atoms. The van der Waals surface area contributed by atoms with E-state index in [2.05, 4.69) is 9.68 Å². The van der Waals surface area contributed by atoms with Gasteiger partial charge in [-0.1, -0.05) is 5.16 Å². The van der Waals surface area contributed by atoms with Gasteiger partial charge in [-0.05, 0) is 0 Å². The highest BCUT2D eigenvalue weighted by atomic mass is 19.4. The number of hydrogen-bond acceptors (Lipinski definition) is 4. The Bertz CT molecular complexity index is 500. The van der Waals surface area contributed by atoms with Gasteiger partial charge in [0.2, 0.25) is 5.91 Å². The first kappa shape index (κ1) is 14.4. The lowest BCUT2D eigenvalue weighted by atomic mass is 9.96. The Balaban J connectivity index is 2.07. The molecule has 110 valence electrons. The Hall–Kier alpha value is -2.06. The van der Waals surface area contributed by atoms with Crippen molar-refractivity contribution in [2.24, 2.45) is 11.8 Å². The van der Waals surface area contributed by atoms with Gasteiger partial charge >= 0.3 is 12.1 Å². The molecule has 0 bridgehead atoms. The number of rotatable bonds is 3. The fourth-order valence-electron chi connectivity index (χ4n) is 2.18. The van der Waals surface area contributed by atoms with Crippen molar-refractivity contribution in [1.82, 2.24) is 10.1 Å². The van der Waals surface area contributed by atoms with Gasteiger partial charge in [-0.2, -0.15) is 13.2 Å². The molecule has 1 fully saturated rings. The molecule has 1 aliphatic heterocycles. The lowest BCUT2D eigenvalue weighted by Gasteiger charge is -2.18. The molecule has 1 saturated heterocycles. The summed E-state index contributed by atoms with van der Waals surface area (Å²) in [4.78, 5) is 23.6. The van der Waals surface area contributed by atoms with Crippen LogP contribution in [0.5, 0.6) is 0 Å². The summed E-state index contributed by atoms with van der Waals surface area (Å²) in [6.07, 6.45) is -3.62. The summed E-state index contributed by atoms with van der Waals surface area (Å²) in [5.74, 6) is -5.82. The zero-order chi connectivity index (χ0) is 14.9. The first-order chi connectivity index (χ1) is 9.29. The first-order valence-electron chi connectivity index (χ1n) is 5.75. The largest absolute Gasteiger partial charge is 0.481 e. The Kier molecular flexibility index (Phi) is 3.69. The number of carbonyl (C=O) groups is 2. The topological polar surface area (TPSA) is 83.6 Å². The highest BCUT2D eigenvalue weighted by molar-refractivity contribution is 5.80. The minimum absolute atomic E-state index is 0.215. The SMILES string of the molecule is O=C(O)[C@@H]1CN(C(=O)Cc2ccon2)C[C@H]1C(F)(F)F. The standard InChI is InChI=1S/C11H11F3N2O4/c12-11(13,14)8-5-16(4-7(8)10(18)19)9(17)3-6-1-2-20-15-6/h1-2,7-8H,3-5H2,(H,18,19)/t7-,8-/m1/s1. The van der Waals surface area contributed by atoms with Crippen molar-refractivity contribution < 1.29 is 32.4 Å². The molecule has 2 atom stereocenters. The lowest BCUT2D eigenvalue weighted by molar-refractivity contribution is -0.188. The Morgan fingerprint density at radius 3 is 2.60 bits per heavy atom. The zero-order valence-corrected chi connectivity index (χ0v) is 10.1. The van der Waals surface area contributed by atoms with Gasteiger partial charge in [0, 0.05) is 19.2 Å². The van der Waals surface area contributed by atoms with Gasteiger partial charge < -0.3 is 14.5 Å². The van der Waals surface area contributed by atoms with Gasteiger partial charge in [0.15, 0.2) is 0 Å². The van der Waals surface area contributed by atoms with Crippen LogP contribution >= 0.6 is 0 Å². The summed E-state index contributed by atoms with van der Waals surface area (Å²) in [7, 11) is 0. The van der Waals surface area contributed by atoms with Gasteiger partial charge in [-0.3, -0.25) is 9.59 Å². The molecule has 0 unspecified atom stereocenters. The molecule has 0 radical (unpaired) electrons. The van der Waals surface area contributed by atoms with Crippen molar-refractivity contribution in [3.63, 3.8) is 0 Å². The molecule has 9 heteroatoms. The molecule has 20 heavy (non-hydrogen) atoms. The van der Waals surface area contributed by atoms with Gasteiger partial charge in [-0.25, -0.2) is 0 Å². The maximum Gasteiger partial charge on any atom is 0.394 e. The van der Waals surface area contributed by atoms with Crippen molar-refractivity contribution in [2.75, 3.05) is 13.1 Å². The minimum atomic E-state index is -4.65. The minimum Gasteiger partial charge on any atom is -0.481 e. The van der Waals surface area contributed by atoms with Gasteiger partial charge in [0.1, 0.15) is 6.26 Å². The molecule has 0 aromatic carbocycles. The van der Waals surface area contributed by atoms with Gasteiger partial charge in [-0.15, -0.1) is 0 Å². The van der Waals surface area contributed by atoms with E-state index < -0.39 is 43.0 Å². The summed E-state index contributed by atoms with van der Waals surface area (Å²) in [5, 5.41) is 12.3. The summed E-state index contributed by atoms with van der Waals surface area (Å²) >= 11 is 0. The molecule has 1 aromatic rings. The van der Waals surface area contributed by atoms with Crippen LogP contribution in [0, 0.1) is 11.8 Å². The molecule has 6 nitrogen and oxygen atoms in total. The number of carbonyl (C=O) groups excluding carboxylic acids is 1. The van der Waals surface area contributed by atoms with Crippen molar-refractivity contribution in [3.05, 3.63) is 18.0 Å². The molecule has 1 aliphatic rings. The maximum absolute atomic E-state index is 12.8. The lowest BCUT2D eigenvalue weighted by Crippen LogP contribution is -2.34. The fourth-order valence-corrected chi connectivity index (χ4v) is 2.18. The van der Waals surface area contributed by atoms with Crippen molar-refractivity contribution in [1.29, 1.82) is 0 Å². The number of hydrogen-bond donors (Lipinski definition) is 1. The summed E-state index contributed by atoms with van der Waals surface area (Å²) in [6.45, 7) is -1.09. The van der Waals surface area contributed by atoms with E-state index in [1.165, 1.54) is 12.3 Å². The third kappa shape index (κ3) is 2.91. The van der Waals surface area contributed by atoms with Gasteiger partial charge in [0.25, 0.3) is 0 Å². The van der Waals surface area contributed by atoms with Crippen LogP contribution in [0.25, 0.3) is 0 Å². The molecule has 1 amide bonds. The molecular formula is C11H11F3N2O4. The van der Waals surface area contributed by atoms with Crippen LogP contribution in [0.2, 0.25) is 0 Å². The van der Waals surface area contributed by atoms with Crippen molar-refractivity contribution >= 4 is 11.9 Å². The third-order valence-electron chi connectivity index (χ3n) is 3.23. The van der Waals surface area contributed by atoms with Crippen molar-refractivity contribution in [3.8, 4) is 0 Å². The van der Waals surface area contributed by atoms with Crippen LogP contribution < -0.4 is 0 Å². The molecule has 1 aromatic heterocycles. The van der Waals surface area contributed by atoms with Crippen molar-refractivity contribution in [2.45, 2.75) is 12.6 Å². The molecular weight excluding hydrogens is 281 g/mol. The first-order valence-corrected chi connectivity index (χ1v) is 5.75. The summed E-state index contributed by atoms with van der Waals surface area (Å²) < 4.78 is 42.8. The van der Waals surface area contributed by atoms with Gasteiger partial charge in [0.05, 0.1) is 24.0 Å². The Labute approximate surface area is 111 Å². The van der Waals surface area contributed by atoms with E-state index in [0.717, 1.165) is 4.90 Å². The van der Waals surface area contributed by atoms with Crippen LogP contribution in [0.1, 0.15) is 5.69 Å². The number of likely N-dealkylation sites (tertiary alicyclic amines) is 1. The number of halogens is 3. The third-order valence-corrected chi connectivity index (χ3v) is 3.23. The maximum atomic E-state index is 12.8. The number of alkyl halides is 3.